The quantitative estimate of drug-likeness (QED) is 0.482. The van der Waals surface area contributed by atoms with E-state index in [1.165, 1.54) is 4.68 Å². The van der Waals surface area contributed by atoms with Gasteiger partial charge in [-0.05, 0) is 25.0 Å². The Morgan fingerprint density at radius 1 is 1.24 bits per heavy atom. The number of aromatic nitrogens is 5. The second kappa shape index (κ2) is 7.62. The highest BCUT2D eigenvalue weighted by Crippen LogP contribution is 2.23. The van der Waals surface area contributed by atoms with Crippen molar-refractivity contribution in [3.05, 3.63) is 46.9 Å². The van der Waals surface area contributed by atoms with E-state index in [0.717, 1.165) is 18.5 Å². The van der Waals surface area contributed by atoms with Crippen LogP contribution in [0.15, 0.2) is 41.2 Å². The first-order valence-corrected chi connectivity index (χ1v) is 9.20. The summed E-state index contributed by atoms with van der Waals surface area (Å²) in [5, 5.41) is 7.38. The molecule has 1 atom stereocenters. The van der Waals surface area contributed by atoms with Gasteiger partial charge in [0.2, 0.25) is 17.8 Å². The average molecular weight is 395 g/mol. The molecule has 6 N–H and O–H groups in total. The van der Waals surface area contributed by atoms with Gasteiger partial charge in [0.25, 0.3) is 0 Å². The molecule has 4 rings (SSSR count). The summed E-state index contributed by atoms with van der Waals surface area (Å²) >= 11 is 0. The number of carbonyl (C=O) groups is 1. The van der Waals surface area contributed by atoms with Crippen LogP contribution in [0.1, 0.15) is 12.8 Å². The van der Waals surface area contributed by atoms with Crippen LogP contribution < -0.4 is 27.4 Å². The van der Waals surface area contributed by atoms with Crippen molar-refractivity contribution < 1.29 is 4.79 Å². The highest BCUT2D eigenvalue weighted by Gasteiger charge is 2.25. The molecule has 1 amide bonds. The fourth-order valence-corrected chi connectivity index (χ4v) is 3.33. The number of anilines is 4. The average Bonchev–Trinajstić information content (AvgIpc) is 3.08. The molecule has 0 spiro atoms. The first-order valence-electron chi connectivity index (χ1n) is 9.20. The number of primary amides is 1. The molecule has 1 aromatic carbocycles. The van der Waals surface area contributed by atoms with E-state index in [1.807, 2.05) is 35.2 Å². The number of hydrogen-bond acceptors (Lipinski definition) is 8. The second-order valence-corrected chi connectivity index (χ2v) is 6.81. The number of benzene rings is 1. The number of piperidine rings is 1. The van der Waals surface area contributed by atoms with Crippen molar-refractivity contribution in [2.45, 2.75) is 12.8 Å². The lowest BCUT2D eigenvalue weighted by atomic mass is 9.97. The molecule has 0 bridgehead atoms. The minimum atomic E-state index is -0.550. The summed E-state index contributed by atoms with van der Waals surface area (Å²) in [6, 6.07) is 11.1. The third kappa shape index (κ3) is 4.03. The van der Waals surface area contributed by atoms with E-state index in [0.29, 0.717) is 30.7 Å². The van der Waals surface area contributed by atoms with Gasteiger partial charge < -0.3 is 21.7 Å². The molecule has 1 fully saturated rings. The molecule has 1 aliphatic heterocycles. The molecule has 2 aromatic heterocycles. The number of aromatic amines is 1. The van der Waals surface area contributed by atoms with E-state index in [1.54, 1.807) is 6.07 Å². The molecule has 11 nitrogen and oxygen atoms in total. The highest BCUT2D eigenvalue weighted by atomic mass is 16.1. The Morgan fingerprint density at radius 2 is 2.03 bits per heavy atom. The monoisotopic (exact) mass is 395 g/mol. The summed E-state index contributed by atoms with van der Waals surface area (Å²) in [7, 11) is 0. The maximum atomic E-state index is 12.1. The molecule has 3 heterocycles. The molecule has 29 heavy (non-hydrogen) atoms. The summed E-state index contributed by atoms with van der Waals surface area (Å²) in [6.45, 7) is 1.09. The lowest BCUT2D eigenvalue weighted by molar-refractivity contribution is -0.122. The third-order valence-corrected chi connectivity index (χ3v) is 4.75. The minimum Gasteiger partial charge on any atom is -0.369 e. The number of amides is 1. The number of rotatable bonds is 5. The molecule has 1 saturated heterocycles. The highest BCUT2D eigenvalue weighted by molar-refractivity contribution is 5.77. The number of nitrogens with two attached hydrogens (primary N) is 2. The first-order chi connectivity index (χ1) is 14.0. The molecule has 3 aromatic rings. The summed E-state index contributed by atoms with van der Waals surface area (Å²) in [4.78, 5) is 36.4. The smallest absolute Gasteiger partial charge is 0.348 e. The van der Waals surface area contributed by atoms with Crippen molar-refractivity contribution in [2.24, 2.45) is 11.7 Å². The van der Waals surface area contributed by atoms with Crippen molar-refractivity contribution >= 4 is 29.3 Å². The van der Waals surface area contributed by atoms with Gasteiger partial charge >= 0.3 is 5.69 Å². The van der Waals surface area contributed by atoms with Crippen LogP contribution in [0.25, 0.3) is 5.82 Å². The van der Waals surface area contributed by atoms with Crippen molar-refractivity contribution in [3.63, 3.8) is 0 Å². The summed E-state index contributed by atoms with van der Waals surface area (Å²) in [5.74, 6) is 0.530. The van der Waals surface area contributed by atoms with Gasteiger partial charge in [0, 0.05) is 24.8 Å². The number of para-hydroxylation sites is 1. The molecule has 1 aliphatic rings. The summed E-state index contributed by atoms with van der Waals surface area (Å²) in [5.41, 5.74) is 11.7. The van der Waals surface area contributed by atoms with E-state index in [9.17, 15) is 9.59 Å². The van der Waals surface area contributed by atoms with Crippen LogP contribution in [0.3, 0.4) is 0 Å². The number of nitrogens with one attached hydrogen (secondary N) is 2. The van der Waals surface area contributed by atoms with Crippen molar-refractivity contribution in [3.8, 4) is 5.82 Å². The lowest BCUT2D eigenvalue weighted by Gasteiger charge is -2.31. The molecule has 0 radical (unpaired) electrons. The normalized spacial score (nSPS) is 16.6. The van der Waals surface area contributed by atoms with E-state index < -0.39 is 5.69 Å². The maximum Gasteiger partial charge on any atom is 0.348 e. The van der Waals surface area contributed by atoms with Gasteiger partial charge in [-0.15, -0.1) is 5.10 Å². The number of H-pyrrole nitrogens is 1. The van der Waals surface area contributed by atoms with E-state index >= 15 is 0 Å². The zero-order valence-electron chi connectivity index (χ0n) is 15.6. The number of nitrogen functional groups attached to an aromatic ring is 1. The molecular formula is C18H21N9O2. The Balaban J connectivity index is 1.62. The molecular weight excluding hydrogens is 374 g/mol. The van der Waals surface area contributed by atoms with Crippen LogP contribution in [-0.2, 0) is 4.79 Å². The molecule has 0 aliphatic carbocycles. The lowest BCUT2D eigenvalue weighted by Crippen LogP contribution is -2.42. The largest absolute Gasteiger partial charge is 0.369 e. The fraction of sp³-hybridized carbons (Fsp3) is 0.278. The molecule has 1 unspecified atom stereocenters. The number of nitrogens with zero attached hydrogens (tertiary/aromatic N) is 5. The molecule has 150 valence electrons. The second-order valence-electron chi connectivity index (χ2n) is 6.81. The predicted molar refractivity (Wildman–Crippen MR) is 108 cm³/mol. The summed E-state index contributed by atoms with van der Waals surface area (Å²) in [6.07, 6.45) is 1.51. The van der Waals surface area contributed by atoms with E-state index in [2.05, 4.69) is 25.4 Å². The van der Waals surface area contributed by atoms with Crippen molar-refractivity contribution in [1.82, 2.24) is 24.7 Å². The number of carbonyl (C=O) groups excluding carboxylic acids is 1. The van der Waals surface area contributed by atoms with Crippen LogP contribution in [-0.4, -0.2) is 43.7 Å². The predicted octanol–water partition coefficient (Wildman–Crippen LogP) is 0.378. The Hall–Kier alpha value is -3.89. The van der Waals surface area contributed by atoms with E-state index in [4.69, 9.17) is 11.5 Å². The van der Waals surface area contributed by atoms with Crippen LogP contribution in [0.2, 0.25) is 0 Å². The van der Waals surface area contributed by atoms with E-state index in [-0.39, 0.29) is 17.8 Å². The van der Waals surface area contributed by atoms with Crippen LogP contribution in [0.5, 0.6) is 0 Å². The van der Waals surface area contributed by atoms with Gasteiger partial charge in [0.05, 0.1) is 5.92 Å². The first kappa shape index (κ1) is 18.5. The summed E-state index contributed by atoms with van der Waals surface area (Å²) < 4.78 is 1.33. The Kier molecular flexibility index (Phi) is 4.85. The number of hydrogen-bond donors (Lipinski definition) is 4. The Morgan fingerprint density at radius 3 is 2.79 bits per heavy atom. The van der Waals surface area contributed by atoms with Crippen LogP contribution in [0, 0.1) is 5.92 Å². The van der Waals surface area contributed by atoms with Crippen molar-refractivity contribution in [2.75, 3.05) is 29.0 Å². The van der Waals surface area contributed by atoms with Gasteiger partial charge in [-0.25, -0.2) is 4.79 Å². The molecule has 11 heteroatoms. The van der Waals surface area contributed by atoms with Crippen molar-refractivity contribution in [1.29, 1.82) is 0 Å². The standard InChI is InChI=1S/C18H21N9O2/c19-15(28)11-5-4-8-26(10-11)13-9-14(23-18(29)22-13)27-16(20)24-17(25-27)21-12-6-2-1-3-7-12/h1-3,6-7,9,11H,4-5,8,10H2,(H2,19,28)(H,22,23,29)(H3,20,21,24,25). The van der Waals surface area contributed by atoms with Crippen LogP contribution >= 0.6 is 0 Å². The van der Waals surface area contributed by atoms with Gasteiger partial charge in [-0.3, -0.25) is 9.78 Å². The van der Waals surface area contributed by atoms with Gasteiger partial charge in [-0.1, -0.05) is 18.2 Å². The Bertz CT molecular complexity index is 1080. The SMILES string of the molecule is NC(=O)C1CCCN(c2cc(-n3nc(Nc4ccccc4)nc3N)[nH]c(=O)n2)C1. The zero-order valence-corrected chi connectivity index (χ0v) is 15.6. The van der Waals surface area contributed by atoms with Gasteiger partial charge in [-0.2, -0.15) is 14.6 Å². The Labute approximate surface area is 165 Å². The third-order valence-electron chi connectivity index (χ3n) is 4.75. The molecule has 0 saturated carbocycles. The van der Waals surface area contributed by atoms with Gasteiger partial charge in [0.15, 0.2) is 0 Å². The maximum absolute atomic E-state index is 12.1. The van der Waals surface area contributed by atoms with Gasteiger partial charge in [0.1, 0.15) is 11.6 Å². The van der Waals surface area contributed by atoms with Crippen LogP contribution in [0.4, 0.5) is 23.4 Å². The minimum absolute atomic E-state index is 0.102. The fourth-order valence-electron chi connectivity index (χ4n) is 3.33. The topological polar surface area (TPSA) is 161 Å². The zero-order chi connectivity index (χ0) is 20.4.